The van der Waals surface area contributed by atoms with Crippen LogP contribution in [0.1, 0.15) is 51.7 Å². The zero-order chi connectivity index (χ0) is 14.8. The second-order valence-electron chi connectivity index (χ2n) is 6.48. The summed E-state index contributed by atoms with van der Waals surface area (Å²) in [5.41, 5.74) is 2.30. The summed E-state index contributed by atoms with van der Waals surface area (Å²) >= 11 is 0. The quantitative estimate of drug-likeness (QED) is 0.840. The van der Waals surface area contributed by atoms with Crippen molar-refractivity contribution in [3.05, 3.63) is 29.3 Å². The predicted octanol–water partition coefficient (Wildman–Crippen LogP) is 3.04. The van der Waals surface area contributed by atoms with Crippen molar-refractivity contribution in [1.29, 1.82) is 0 Å². The van der Waals surface area contributed by atoms with Gasteiger partial charge in [-0.3, -0.25) is 0 Å². The summed E-state index contributed by atoms with van der Waals surface area (Å²) in [5, 5.41) is 13.1. The van der Waals surface area contributed by atoms with Gasteiger partial charge >= 0.3 is 0 Å². The smallest absolute Gasteiger partial charge is 0.123 e. The molecule has 0 aromatic heterocycles. The van der Waals surface area contributed by atoms with E-state index in [-0.39, 0.29) is 17.7 Å². The number of aliphatic hydroxyl groups is 1. The summed E-state index contributed by atoms with van der Waals surface area (Å²) in [6.45, 7) is 9.44. The molecule has 0 amide bonds. The molecule has 0 saturated heterocycles. The highest BCUT2D eigenvalue weighted by Crippen LogP contribution is 2.35. The molecule has 1 aromatic rings. The molecule has 0 radical (unpaired) electrons. The molecule has 0 bridgehead atoms. The lowest BCUT2D eigenvalue weighted by Crippen LogP contribution is -2.47. The molecule has 0 saturated carbocycles. The van der Waals surface area contributed by atoms with E-state index in [0.717, 1.165) is 31.6 Å². The molecular weight excluding hydrogens is 250 g/mol. The minimum absolute atomic E-state index is 0.0872. The molecule has 1 aromatic carbocycles. The fraction of sp³-hybridized carbons (Fsp3) is 0.647. The summed E-state index contributed by atoms with van der Waals surface area (Å²) in [7, 11) is 0. The van der Waals surface area contributed by atoms with Crippen LogP contribution in [0, 0.1) is 0 Å². The summed E-state index contributed by atoms with van der Waals surface area (Å²) in [5.74, 6) is 1.01. The largest absolute Gasteiger partial charge is 0.487 e. The Labute approximate surface area is 122 Å². The Balaban J connectivity index is 2.06. The van der Waals surface area contributed by atoms with Crippen LogP contribution >= 0.6 is 0 Å². The number of fused-ring (bicyclic) bond motifs is 1. The van der Waals surface area contributed by atoms with Crippen molar-refractivity contribution >= 4 is 0 Å². The number of hydrogen-bond donors (Lipinski definition) is 2. The third kappa shape index (κ3) is 3.15. The van der Waals surface area contributed by atoms with Crippen LogP contribution in [0.5, 0.6) is 5.75 Å². The van der Waals surface area contributed by atoms with Gasteiger partial charge in [-0.1, -0.05) is 26.0 Å². The summed E-state index contributed by atoms with van der Waals surface area (Å²) in [6, 6.07) is 6.41. The summed E-state index contributed by atoms with van der Waals surface area (Å²) in [6.07, 6.45) is 2.82. The van der Waals surface area contributed by atoms with Crippen LogP contribution in [0.2, 0.25) is 0 Å². The first-order valence-electron chi connectivity index (χ1n) is 7.60. The number of rotatable bonds is 6. The van der Waals surface area contributed by atoms with Crippen molar-refractivity contribution in [2.45, 2.75) is 64.6 Å². The maximum Gasteiger partial charge on any atom is 0.123 e. The number of aliphatic hydroxyl groups excluding tert-OH is 1. The van der Waals surface area contributed by atoms with Gasteiger partial charge in [-0.2, -0.15) is 0 Å². The number of nitrogens with one attached hydrogen (secondary N) is 1. The molecule has 2 N–H and O–H groups in total. The van der Waals surface area contributed by atoms with Crippen molar-refractivity contribution in [3.63, 3.8) is 0 Å². The second-order valence-corrected chi connectivity index (χ2v) is 6.48. The first-order valence-corrected chi connectivity index (χ1v) is 7.60. The van der Waals surface area contributed by atoms with Gasteiger partial charge in [-0.05, 0) is 43.9 Å². The lowest BCUT2D eigenvalue weighted by Gasteiger charge is -2.31. The zero-order valence-electron chi connectivity index (χ0n) is 13.1. The number of benzene rings is 1. The highest BCUT2D eigenvalue weighted by molar-refractivity contribution is 5.41. The van der Waals surface area contributed by atoms with E-state index in [4.69, 9.17) is 4.74 Å². The van der Waals surface area contributed by atoms with E-state index in [9.17, 15) is 5.11 Å². The molecule has 0 atom stereocenters. The lowest BCUT2D eigenvalue weighted by atomic mass is 9.93. The molecule has 1 heterocycles. The van der Waals surface area contributed by atoms with Crippen molar-refractivity contribution in [3.8, 4) is 5.75 Å². The second kappa shape index (κ2) is 5.74. The summed E-state index contributed by atoms with van der Waals surface area (Å²) < 4.78 is 5.90. The molecule has 3 nitrogen and oxygen atoms in total. The van der Waals surface area contributed by atoms with Crippen LogP contribution in [0.4, 0.5) is 0 Å². The van der Waals surface area contributed by atoms with Crippen LogP contribution in [-0.2, 0) is 13.0 Å². The zero-order valence-corrected chi connectivity index (χ0v) is 13.1. The molecule has 1 aliphatic heterocycles. The standard InChI is InChI=1S/C17H27NO2/c1-5-17(6-2,12-19)18-11-13-7-8-15-14(9-13)10-16(3,4)20-15/h7-9,18-19H,5-6,10-12H2,1-4H3. The Bertz CT molecular complexity index is 456. The highest BCUT2D eigenvalue weighted by atomic mass is 16.5. The SMILES string of the molecule is CCC(CC)(CO)NCc1ccc2c(c1)CC(C)(C)O2. The monoisotopic (exact) mass is 277 g/mol. The minimum Gasteiger partial charge on any atom is -0.487 e. The Morgan fingerprint density at radius 3 is 2.60 bits per heavy atom. The highest BCUT2D eigenvalue weighted by Gasteiger charge is 2.30. The van der Waals surface area contributed by atoms with Crippen LogP contribution < -0.4 is 10.1 Å². The molecule has 112 valence electrons. The molecule has 1 aliphatic rings. The van der Waals surface area contributed by atoms with Gasteiger partial charge in [0, 0.05) is 18.5 Å². The van der Waals surface area contributed by atoms with Gasteiger partial charge in [0.1, 0.15) is 11.4 Å². The molecular formula is C17H27NO2. The van der Waals surface area contributed by atoms with Crippen molar-refractivity contribution < 1.29 is 9.84 Å². The van der Waals surface area contributed by atoms with Gasteiger partial charge in [0.2, 0.25) is 0 Å². The van der Waals surface area contributed by atoms with Crippen molar-refractivity contribution in [2.24, 2.45) is 0 Å². The van der Waals surface area contributed by atoms with E-state index in [2.05, 4.69) is 51.2 Å². The van der Waals surface area contributed by atoms with Crippen LogP contribution in [-0.4, -0.2) is 22.9 Å². The van der Waals surface area contributed by atoms with E-state index in [1.54, 1.807) is 0 Å². The van der Waals surface area contributed by atoms with Gasteiger partial charge in [0.05, 0.1) is 6.61 Å². The Morgan fingerprint density at radius 2 is 2.00 bits per heavy atom. The molecule has 0 fully saturated rings. The van der Waals surface area contributed by atoms with Gasteiger partial charge in [0.15, 0.2) is 0 Å². The molecule has 20 heavy (non-hydrogen) atoms. The van der Waals surface area contributed by atoms with Crippen LogP contribution in [0.25, 0.3) is 0 Å². The topological polar surface area (TPSA) is 41.5 Å². The van der Waals surface area contributed by atoms with E-state index >= 15 is 0 Å². The van der Waals surface area contributed by atoms with Crippen LogP contribution in [0.15, 0.2) is 18.2 Å². The molecule has 2 rings (SSSR count). The Hall–Kier alpha value is -1.06. The third-order valence-corrected chi connectivity index (χ3v) is 4.45. The number of ether oxygens (including phenoxy) is 1. The predicted molar refractivity (Wildman–Crippen MR) is 82.1 cm³/mol. The van der Waals surface area contributed by atoms with E-state index in [0.29, 0.717) is 0 Å². The van der Waals surface area contributed by atoms with Gasteiger partial charge < -0.3 is 15.2 Å². The maximum atomic E-state index is 9.60. The Morgan fingerprint density at radius 1 is 1.30 bits per heavy atom. The Kier molecular flexibility index (Phi) is 4.40. The average molecular weight is 277 g/mol. The van der Waals surface area contributed by atoms with Gasteiger partial charge in [-0.15, -0.1) is 0 Å². The van der Waals surface area contributed by atoms with E-state index in [1.807, 2.05) is 0 Å². The minimum atomic E-state index is -0.158. The summed E-state index contributed by atoms with van der Waals surface area (Å²) in [4.78, 5) is 0. The molecule has 3 heteroatoms. The lowest BCUT2D eigenvalue weighted by molar-refractivity contribution is 0.138. The fourth-order valence-electron chi connectivity index (χ4n) is 2.84. The molecule has 0 spiro atoms. The normalized spacial score (nSPS) is 16.9. The first kappa shape index (κ1) is 15.3. The first-order chi connectivity index (χ1) is 9.43. The van der Waals surface area contributed by atoms with Gasteiger partial charge in [-0.25, -0.2) is 0 Å². The number of hydrogen-bond acceptors (Lipinski definition) is 3. The molecule has 0 aliphatic carbocycles. The van der Waals surface area contributed by atoms with E-state index < -0.39 is 0 Å². The van der Waals surface area contributed by atoms with Crippen LogP contribution in [0.3, 0.4) is 0 Å². The van der Waals surface area contributed by atoms with Crippen molar-refractivity contribution in [1.82, 2.24) is 5.32 Å². The average Bonchev–Trinajstić information content (AvgIpc) is 2.74. The maximum absolute atomic E-state index is 9.60. The van der Waals surface area contributed by atoms with E-state index in [1.165, 1.54) is 11.1 Å². The molecule has 0 unspecified atom stereocenters. The van der Waals surface area contributed by atoms with Gasteiger partial charge in [0.25, 0.3) is 0 Å². The van der Waals surface area contributed by atoms with Crippen molar-refractivity contribution in [2.75, 3.05) is 6.61 Å². The fourth-order valence-corrected chi connectivity index (χ4v) is 2.84. The third-order valence-electron chi connectivity index (χ3n) is 4.45.